The number of rotatable bonds is 9. The van der Waals surface area contributed by atoms with Crippen molar-refractivity contribution >= 4 is 46.6 Å². The Morgan fingerprint density at radius 1 is 1.26 bits per heavy atom. The molecule has 0 spiro atoms. The highest BCUT2D eigenvalue weighted by molar-refractivity contribution is 14.1. The lowest BCUT2D eigenvalue weighted by atomic mass is 10.00. The van der Waals surface area contributed by atoms with Crippen LogP contribution in [-0.2, 0) is 27.9 Å². The Kier molecular flexibility index (Phi) is 8.02. The van der Waals surface area contributed by atoms with Gasteiger partial charge in [-0.15, -0.1) is 0 Å². The van der Waals surface area contributed by atoms with E-state index < -0.39 is 23.1 Å². The molecule has 0 atom stereocenters. The summed E-state index contributed by atoms with van der Waals surface area (Å²) in [5, 5.41) is 0.0485. The monoisotopic (exact) mass is 634 g/mol. The molecule has 194 valence electrons. The molecule has 0 saturated heterocycles. The van der Waals surface area contributed by atoms with Crippen molar-refractivity contribution < 1.29 is 17.2 Å². The van der Waals surface area contributed by atoms with Gasteiger partial charge in [0.15, 0.2) is 8.32 Å². The van der Waals surface area contributed by atoms with Crippen molar-refractivity contribution in [2.45, 2.75) is 76.3 Å². The van der Waals surface area contributed by atoms with E-state index in [1.807, 2.05) is 22.6 Å². The third-order valence-electron chi connectivity index (χ3n) is 7.57. The third-order valence-corrected chi connectivity index (χ3v) is 15.0. The van der Waals surface area contributed by atoms with Crippen molar-refractivity contribution in [2.24, 2.45) is 7.05 Å². The number of benzene rings is 1. The highest BCUT2D eigenvalue weighted by Crippen LogP contribution is 2.48. The second-order valence-electron chi connectivity index (χ2n) is 11.1. The lowest BCUT2D eigenvalue weighted by Crippen LogP contribution is -2.42. The van der Waals surface area contributed by atoms with Gasteiger partial charge in [0, 0.05) is 35.4 Å². The molecule has 2 aromatic rings. The van der Waals surface area contributed by atoms with Crippen molar-refractivity contribution in [1.82, 2.24) is 4.57 Å². The Hall–Kier alpha value is -1.24. The average Bonchev–Trinajstić information content (AvgIpc) is 3.51. The van der Waals surface area contributed by atoms with Crippen molar-refractivity contribution in [3.05, 3.63) is 60.8 Å². The molecule has 1 fully saturated rings. The smallest absolute Gasteiger partial charge is 0.253 e. The van der Waals surface area contributed by atoms with Crippen LogP contribution < -0.4 is 10.3 Å². The van der Waals surface area contributed by atoms with Gasteiger partial charge < -0.3 is 8.99 Å². The highest BCUT2D eigenvalue weighted by atomic mass is 127. The highest BCUT2D eigenvalue weighted by Gasteiger charge is 2.54. The van der Waals surface area contributed by atoms with E-state index >= 15 is 0 Å². The summed E-state index contributed by atoms with van der Waals surface area (Å²) in [4.78, 5) is 12.6. The van der Waals surface area contributed by atoms with E-state index in [0.29, 0.717) is 48.2 Å². The minimum atomic E-state index is -3.76. The molecule has 3 rings (SSSR count). The molecule has 0 amide bonds. The summed E-state index contributed by atoms with van der Waals surface area (Å²) in [6.07, 6.45) is 3.16. The number of aryl methyl sites for hydroxylation is 1. The molecule has 6 nitrogen and oxygen atoms in total. The van der Waals surface area contributed by atoms with Crippen molar-refractivity contribution in [2.75, 3.05) is 11.3 Å². The minimum Gasteiger partial charge on any atom is -0.417 e. The van der Waals surface area contributed by atoms with Crippen LogP contribution in [0.4, 0.5) is 10.1 Å². The Morgan fingerprint density at radius 2 is 1.89 bits per heavy atom. The van der Waals surface area contributed by atoms with Gasteiger partial charge in [-0.3, -0.25) is 9.52 Å². The van der Waals surface area contributed by atoms with E-state index in [2.05, 4.69) is 38.6 Å². The lowest BCUT2D eigenvalue weighted by Gasteiger charge is -2.36. The number of nitrogens with zero attached hydrogens (tertiary/aromatic N) is 1. The third kappa shape index (κ3) is 6.02. The predicted octanol–water partition coefficient (Wildman–Crippen LogP) is 5.71. The van der Waals surface area contributed by atoms with Gasteiger partial charge in [0.25, 0.3) is 5.56 Å². The molecule has 1 N–H and O–H groups in total. The van der Waals surface area contributed by atoms with Crippen molar-refractivity contribution in [3.63, 3.8) is 0 Å². The Labute approximate surface area is 223 Å². The molecule has 10 heteroatoms. The molecule has 0 unspecified atom stereocenters. The maximum Gasteiger partial charge on any atom is 0.253 e. The SMILES string of the molecule is Cc1c(Cc2ccc(I)cc2F)c(NS(=O)(=O)C2(CCO[Si](C)(C)C(C)(C)C)CC2)cn(C)c1=O. The standard InChI is InChI=1S/C25H36FIN2O4SSi/c1-17-20(14-18-8-9-19(27)15-21(18)26)22(16-29(5)23(17)30)28-34(31,32)25(10-11-25)12-13-33-35(6,7)24(2,3)4/h8-9,15-16,28H,10-14H2,1-7H3. The van der Waals surface area contributed by atoms with Crippen LogP contribution in [0.2, 0.25) is 18.1 Å². The molecule has 1 saturated carbocycles. The van der Waals surface area contributed by atoms with Crippen LogP contribution >= 0.6 is 22.6 Å². The summed E-state index contributed by atoms with van der Waals surface area (Å²) in [6, 6.07) is 4.89. The molecule has 1 aromatic heterocycles. The zero-order valence-corrected chi connectivity index (χ0v) is 25.6. The minimum absolute atomic E-state index is 0.0485. The summed E-state index contributed by atoms with van der Waals surface area (Å²) >= 11 is 2.04. The van der Waals surface area contributed by atoms with Crippen LogP contribution in [0.1, 0.15) is 56.7 Å². The van der Waals surface area contributed by atoms with Crippen LogP contribution in [0, 0.1) is 16.3 Å². The van der Waals surface area contributed by atoms with E-state index in [1.165, 1.54) is 16.8 Å². The topological polar surface area (TPSA) is 77.4 Å². The summed E-state index contributed by atoms with van der Waals surface area (Å²) < 4.78 is 52.0. The second-order valence-corrected chi connectivity index (χ2v) is 19.3. The van der Waals surface area contributed by atoms with Gasteiger partial charge in [-0.1, -0.05) is 26.8 Å². The Balaban J connectivity index is 1.88. The molecule has 0 bridgehead atoms. The van der Waals surface area contributed by atoms with Crippen LogP contribution in [0.5, 0.6) is 0 Å². The molecule has 1 aromatic carbocycles. The quantitative estimate of drug-likeness (QED) is 0.283. The van der Waals surface area contributed by atoms with E-state index in [9.17, 15) is 17.6 Å². The summed E-state index contributed by atoms with van der Waals surface area (Å²) in [5.74, 6) is -0.382. The maximum absolute atomic E-state index is 14.6. The van der Waals surface area contributed by atoms with E-state index in [4.69, 9.17) is 4.43 Å². The molecular formula is C25H36FIN2O4SSi. The number of hydrogen-bond donors (Lipinski definition) is 1. The maximum atomic E-state index is 14.6. The van der Waals surface area contributed by atoms with Gasteiger partial charge in [-0.25, -0.2) is 12.8 Å². The first-order valence-corrected chi connectivity index (χ1v) is 17.3. The van der Waals surface area contributed by atoms with Crippen molar-refractivity contribution in [3.8, 4) is 0 Å². The molecule has 0 radical (unpaired) electrons. The molecule has 1 aliphatic carbocycles. The first kappa shape index (κ1) is 28.3. The Bertz CT molecular complexity index is 1280. The predicted molar refractivity (Wildman–Crippen MR) is 151 cm³/mol. The fourth-order valence-electron chi connectivity index (χ4n) is 3.85. The molecule has 1 heterocycles. The molecule has 1 aliphatic rings. The lowest BCUT2D eigenvalue weighted by molar-refractivity contribution is 0.277. The second kappa shape index (κ2) is 9.90. The van der Waals surface area contributed by atoms with Crippen LogP contribution in [0.15, 0.2) is 29.2 Å². The normalized spacial score (nSPS) is 15.8. The summed E-state index contributed by atoms with van der Waals surface area (Å²) in [7, 11) is -4.15. The van der Waals surface area contributed by atoms with Crippen LogP contribution in [-0.4, -0.2) is 32.7 Å². The van der Waals surface area contributed by atoms with Gasteiger partial charge in [0.2, 0.25) is 10.0 Å². The summed E-state index contributed by atoms with van der Waals surface area (Å²) in [5.41, 5.74) is 1.38. The van der Waals surface area contributed by atoms with Crippen LogP contribution in [0.25, 0.3) is 0 Å². The fraction of sp³-hybridized carbons (Fsp3) is 0.560. The number of pyridine rings is 1. The molecular weight excluding hydrogens is 598 g/mol. The van der Waals surface area contributed by atoms with E-state index in [-0.39, 0.29) is 22.8 Å². The van der Waals surface area contributed by atoms with Gasteiger partial charge in [-0.2, -0.15) is 0 Å². The number of hydrogen-bond acceptors (Lipinski definition) is 4. The van der Waals surface area contributed by atoms with Gasteiger partial charge in [0.05, 0.1) is 10.4 Å². The van der Waals surface area contributed by atoms with Gasteiger partial charge >= 0.3 is 0 Å². The first-order chi connectivity index (χ1) is 16.0. The zero-order valence-electron chi connectivity index (χ0n) is 21.6. The number of anilines is 1. The summed E-state index contributed by atoms with van der Waals surface area (Å²) in [6.45, 7) is 12.8. The fourth-order valence-corrected chi connectivity index (χ4v) is 7.02. The molecule has 35 heavy (non-hydrogen) atoms. The largest absolute Gasteiger partial charge is 0.417 e. The van der Waals surface area contributed by atoms with Crippen molar-refractivity contribution in [1.29, 1.82) is 0 Å². The number of halogens is 2. The van der Waals surface area contributed by atoms with Gasteiger partial charge in [0.1, 0.15) is 5.82 Å². The first-order valence-electron chi connectivity index (χ1n) is 11.8. The van der Waals surface area contributed by atoms with E-state index in [0.717, 1.165) is 3.57 Å². The van der Waals surface area contributed by atoms with Crippen LogP contribution in [0.3, 0.4) is 0 Å². The zero-order chi connectivity index (χ0) is 26.4. The van der Waals surface area contributed by atoms with Gasteiger partial charge in [-0.05, 0) is 90.2 Å². The average molecular weight is 635 g/mol. The number of nitrogens with one attached hydrogen (secondary N) is 1. The Morgan fingerprint density at radius 3 is 2.43 bits per heavy atom. The number of sulfonamides is 1. The van der Waals surface area contributed by atoms with E-state index in [1.54, 1.807) is 26.1 Å². The molecule has 0 aliphatic heterocycles. The number of aromatic nitrogens is 1.